The van der Waals surface area contributed by atoms with E-state index in [-0.39, 0.29) is 24.3 Å². The van der Waals surface area contributed by atoms with Crippen LogP contribution in [0, 0.1) is 0 Å². The Hall–Kier alpha value is -1.60. The molecule has 122 valence electrons. The first-order valence-electron chi connectivity index (χ1n) is 7.40. The Labute approximate surface area is 131 Å². The summed E-state index contributed by atoms with van der Waals surface area (Å²) in [7, 11) is -1.93. The molecule has 1 amide bonds. The molecule has 1 fully saturated rings. The number of sulfonamides is 1. The third-order valence-corrected chi connectivity index (χ3v) is 5.67. The number of amides is 1. The first-order chi connectivity index (χ1) is 10.5. The molecule has 1 heterocycles. The minimum atomic E-state index is -3.45. The summed E-state index contributed by atoms with van der Waals surface area (Å²) in [5.41, 5.74) is 0. The lowest BCUT2D eigenvalue weighted by Crippen LogP contribution is -2.45. The van der Waals surface area contributed by atoms with Crippen LogP contribution in [0.2, 0.25) is 0 Å². The van der Waals surface area contributed by atoms with Gasteiger partial charge in [0, 0.05) is 13.5 Å². The first-order valence-corrected chi connectivity index (χ1v) is 9.01. The molecular formula is C15H22N2O4S. The quantitative estimate of drug-likeness (QED) is 0.846. The van der Waals surface area contributed by atoms with Gasteiger partial charge in [-0.1, -0.05) is 25.1 Å². The van der Waals surface area contributed by atoms with Crippen LogP contribution in [-0.2, 0) is 14.8 Å². The van der Waals surface area contributed by atoms with Crippen LogP contribution in [0.4, 0.5) is 0 Å². The molecule has 0 unspecified atom stereocenters. The number of likely N-dealkylation sites (N-methyl/N-ethyl adjacent to an activating group) is 1. The smallest absolute Gasteiger partial charge is 0.238 e. The number of para-hydroxylation sites is 1. The summed E-state index contributed by atoms with van der Waals surface area (Å²) in [4.78, 5) is 12.0. The molecule has 1 aliphatic heterocycles. The van der Waals surface area contributed by atoms with Crippen molar-refractivity contribution in [1.82, 2.24) is 9.62 Å². The molecule has 7 heteroatoms. The molecule has 0 saturated carbocycles. The molecule has 1 aromatic rings. The molecule has 1 saturated heterocycles. The van der Waals surface area contributed by atoms with Crippen LogP contribution < -0.4 is 10.1 Å². The van der Waals surface area contributed by atoms with Crippen molar-refractivity contribution in [3.63, 3.8) is 0 Å². The molecule has 0 spiro atoms. The minimum Gasteiger partial charge on any atom is -0.489 e. The number of ether oxygens (including phenoxy) is 1. The minimum absolute atomic E-state index is 0.0402. The maximum absolute atomic E-state index is 12.4. The molecule has 1 aliphatic rings. The van der Waals surface area contributed by atoms with Crippen molar-refractivity contribution in [3.8, 4) is 5.75 Å². The van der Waals surface area contributed by atoms with Gasteiger partial charge in [-0.2, -0.15) is 4.31 Å². The predicted molar refractivity (Wildman–Crippen MR) is 84.1 cm³/mol. The van der Waals surface area contributed by atoms with E-state index in [9.17, 15) is 13.2 Å². The second kappa shape index (κ2) is 7.11. The summed E-state index contributed by atoms with van der Waals surface area (Å²) in [5.74, 6) is 0.426. The molecule has 0 radical (unpaired) electrons. The summed E-state index contributed by atoms with van der Waals surface area (Å²) >= 11 is 0. The molecule has 0 aromatic heterocycles. The first kappa shape index (κ1) is 16.8. The zero-order valence-corrected chi connectivity index (χ0v) is 13.7. The van der Waals surface area contributed by atoms with Crippen molar-refractivity contribution in [2.24, 2.45) is 0 Å². The van der Waals surface area contributed by atoms with Gasteiger partial charge in [-0.3, -0.25) is 4.79 Å². The highest BCUT2D eigenvalue weighted by molar-refractivity contribution is 7.89. The van der Waals surface area contributed by atoms with E-state index in [1.54, 1.807) is 6.92 Å². The molecule has 1 N–H and O–H groups in total. The number of carbonyl (C=O) groups excluding carboxylic acids is 1. The SMILES string of the molecule is CCCS(=O)(=O)N1C[C@@H](Oc2ccccc2)C[C@@H]1C(=O)NC. The number of nitrogens with zero attached hydrogens (tertiary/aromatic N) is 1. The van der Waals surface area contributed by atoms with Gasteiger partial charge < -0.3 is 10.1 Å². The summed E-state index contributed by atoms with van der Waals surface area (Å²) in [6, 6.07) is 8.52. The molecular weight excluding hydrogens is 304 g/mol. The zero-order chi connectivity index (χ0) is 16.2. The van der Waals surface area contributed by atoms with Crippen LogP contribution >= 0.6 is 0 Å². The Kier molecular flexibility index (Phi) is 5.42. The van der Waals surface area contributed by atoms with Gasteiger partial charge in [0.2, 0.25) is 15.9 Å². The molecule has 0 aliphatic carbocycles. The summed E-state index contributed by atoms with van der Waals surface area (Å²) in [6.07, 6.45) is 0.553. The van der Waals surface area contributed by atoms with E-state index >= 15 is 0 Å². The third-order valence-electron chi connectivity index (χ3n) is 3.63. The number of carbonyl (C=O) groups is 1. The van der Waals surface area contributed by atoms with Crippen LogP contribution in [0.3, 0.4) is 0 Å². The molecule has 2 rings (SSSR count). The highest BCUT2D eigenvalue weighted by Gasteiger charge is 2.43. The zero-order valence-electron chi connectivity index (χ0n) is 12.9. The van der Waals surface area contributed by atoms with E-state index in [1.807, 2.05) is 30.3 Å². The van der Waals surface area contributed by atoms with Crippen molar-refractivity contribution in [2.75, 3.05) is 19.3 Å². The second-order valence-electron chi connectivity index (χ2n) is 5.30. The lowest BCUT2D eigenvalue weighted by Gasteiger charge is -2.21. The van der Waals surface area contributed by atoms with Gasteiger partial charge in [0.1, 0.15) is 17.9 Å². The number of hydrogen-bond acceptors (Lipinski definition) is 4. The molecule has 0 bridgehead atoms. The Morgan fingerprint density at radius 1 is 1.36 bits per heavy atom. The van der Waals surface area contributed by atoms with Crippen LogP contribution in [0.5, 0.6) is 5.75 Å². The fraction of sp³-hybridized carbons (Fsp3) is 0.533. The molecule has 22 heavy (non-hydrogen) atoms. The van der Waals surface area contributed by atoms with Crippen LogP contribution in [-0.4, -0.2) is 50.1 Å². The highest BCUT2D eigenvalue weighted by Crippen LogP contribution is 2.26. The van der Waals surface area contributed by atoms with Gasteiger partial charge in [0.15, 0.2) is 0 Å². The molecule has 1 aromatic carbocycles. The maximum Gasteiger partial charge on any atom is 0.238 e. The van der Waals surface area contributed by atoms with Crippen LogP contribution in [0.15, 0.2) is 30.3 Å². The van der Waals surface area contributed by atoms with Crippen molar-refractivity contribution in [3.05, 3.63) is 30.3 Å². The second-order valence-corrected chi connectivity index (χ2v) is 7.35. The fourth-order valence-electron chi connectivity index (χ4n) is 2.63. The monoisotopic (exact) mass is 326 g/mol. The summed E-state index contributed by atoms with van der Waals surface area (Å²) in [6.45, 7) is 2.01. The third kappa shape index (κ3) is 3.78. The largest absolute Gasteiger partial charge is 0.489 e. The van der Waals surface area contributed by atoms with E-state index in [2.05, 4.69) is 5.32 Å². The van der Waals surface area contributed by atoms with Crippen molar-refractivity contribution in [1.29, 1.82) is 0 Å². The van der Waals surface area contributed by atoms with Crippen molar-refractivity contribution >= 4 is 15.9 Å². The maximum atomic E-state index is 12.4. The Bertz CT molecular complexity index is 603. The predicted octanol–water partition coefficient (Wildman–Crippen LogP) is 0.994. The van der Waals surface area contributed by atoms with Crippen LogP contribution in [0.25, 0.3) is 0 Å². The highest BCUT2D eigenvalue weighted by atomic mass is 32.2. The standard InChI is InChI=1S/C15H22N2O4S/c1-3-9-22(19,20)17-11-13(10-14(17)15(18)16-2)21-12-7-5-4-6-8-12/h4-8,13-14H,3,9-11H2,1-2H3,(H,16,18)/t13-,14+/m0/s1. The lowest BCUT2D eigenvalue weighted by molar-refractivity contribution is -0.123. The Balaban J connectivity index is 2.16. The average molecular weight is 326 g/mol. The van der Waals surface area contributed by atoms with Gasteiger partial charge in [-0.05, 0) is 18.6 Å². The van der Waals surface area contributed by atoms with Gasteiger partial charge in [0.05, 0.1) is 12.3 Å². The van der Waals surface area contributed by atoms with E-state index in [1.165, 1.54) is 11.4 Å². The summed E-state index contributed by atoms with van der Waals surface area (Å²) < 4.78 is 31.8. The number of hydrogen-bond donors (Lipinski definition) is 1. The van der Waals surface area contributed by atoms with E-state index in [0.717, 1.165) is 0 Å². The number of benzene rings is 1. The topological polar surface area (TPSA) is 75.7 Å². The summed E-state index contributed by atoms with van der Waals surface area (Å²) in [5, 5.41) is 2.53. The Morgan fingerprint density at radius 3 is 2.64 bits per heavy atom. The van der Waals surface area contributed by atoms with Gasteiger partial charge in [0.25, 0.3) is 0 Å². The molecule has 2 atom stereocenters. The molecule has 6 nitrogen and oxygen atoms in total. The number of rotatable bonds is 6. The normalized spacial score (nSPS) is 22.5. The van der Waals surface area contributed by atoms with Gasteiger partial charge >= 0.3 is 0 Å². The van der Waals surface area contributed by atoms with Crippen molar-refractivity contribution < 1.29 is 17.9 Å². The van der Waals surface area contributed by atoms with Crippen molar-refractivity contribution in [2.45, 2.75) is 31.9 Å². The fourth-order valence-corrected chi connectivity index (χ4v) is 4.35. The number of nitrogens with one attached hydrogen (secondary N) is 1. The van der Waals surface area contributed by atoms with E-state index in [4.69, 9.17) is 4.74 Å². The van der Waals surface area contributed by atoms with E-state index in [0.29, 0.717) is 18.6 Å². The van der Waals surface area contributed by atoms with E-state index < -0.39 is 16.1 Å². The Morgan fingerprint density at radius 2 is 2.05 bits per heavy atom. The van der Waals surface area contributed by atoms with Gasteiger partial charge in [-0.25, -0.2) is 8.42 Å². The van der Waals surface area contributed by atoms with Crippen LogP contribution in [0.1, 0.15) is 19.8 Å². The average Bonchev–Trinajstić information content (AvgIpc) is 2.92. The van der Waals surface area contributed by atoms with Gasteiger partial charge in [-0.15, -0.1) is 0 Å². The lowest BCUT2D eigenvalue weighted by atomic mass is 10.2.